The lowest BCUT2D eigenvalue weighted by molar-refractivity contribution is 0.588. The van der Waals surface area contributed by atoms with Crippen LogP contribution < -0.4 is 0 Å². The summed E-state index contributed by atoms with van der Waals surface area (Å²) < 4.78 is 0. The fourth-order valence-corrected chi connectivity index (χ4v) is 3.87. The van der Waals surface area contributed by atoms with E-state index in [4.69, 9.17) is 0 Å². The van der Waals surface area contributed by atoms with Crippen LogP contribution in [0.1, 0.15) is 121 Å². The zero-order chi connectivity index (χ0) is 18.2. The Labute approximate surface area is 158 Å². The monoisotopic (exact) mass is 344 g/mol. The van der Waals surface area contributed by atoms with Crippen LogP contribution in [0.2, 0.25) is 0 Å². The molecule has 0 saturated heterocycles. The first-order valence-corrected chi connectivity index (χ1v) is 11.4. The van der Waals surface area contributed by atoms with Crippen molar-refractivity contribution in [2.75, 3.05) is 0 Å². The Hall–Kier alpha value is -0.780. The molecule has 1 aromatic carbocycles. The van der Waals surface area contributed by atoms with Crippen LogP contribution in [0, 0.1) is 0 Å². The highest BCUT2D eigenvalue weighted by atomic mass is 14.1. The molecule has 0 heterocycles. The van der Waals surface area contributed by atoms with Crippen LogP contribution >= 0.6 is 0 Å². The van der Waals surface area contributed by atoms with E-state index in [2.05, 4.69) is 39.0 Å². The maximum Gasteiger partial charge on any atom is -0.0273 e. The van der Waals surface area contributed by atoms with E-state index in [1.54, 1.807) is 16.7 Å². The Balaban J connectivity index is 2.54. The molecule has 1 rings (SSSR count). The van der Waals surface area contributed by atoms with Gasteiger partial charge in [0.15, 0.2) is 0 Å². The highest BCUT2D eigenvalue weighted by molar-refractivity contribution is 5.36. The van der Waals surface area contributed by atoms with Gasteiger partial charge in [-0.1, -0.05) is 103 Å². The van der Waals surface area contributed by atoms with Crippen molar-refractivity contribution in [2.24, 2.45) is 0 Å². The van der Waals surface area contributed by atoms with Gasteiger partial charge in [-0.15, -0.1) is 0 Å². The second-order valence-corrected chi connectivity index (χ2v) is 7.84. The van der Waals surface area contributed by atoms with Gasteiger partial charge in [-0.05, 0) is 55.2 Å². The summed E-state index contributed by atoms with van der Waals surface area (Å²) in [5.74, 6) is 0. The van der Waals surface area contributed by atoms with Gasteiger partial charge in [0.2, 0.25) is 0 Å². The molecule has 0 fully saturated rings. The molecule has 0 saturated carbocycles. The lowest BCUT2D eigenvalue weighted by Gasteiger charge is -2.15. The Morgan fingerprint density at radius 2 is 0.880 bits per heavy atom. The van der Waals surface area contributed by atoms with Crippen molar-refractivity contribution < 1.29 is 0 Å². The van der Waals surface area contributed by atoms with Crippen molar-refractivity contribution in [3.05, 3.63) is 34.9 Å². The average Bonchev–Trinajstić information content (AvgIpc) is 2.63. The third-order valence-electron chi connectivity index (χ3n) is 5.50. The van der Waals surface area contributed by atoms with Gasteiger partial charge in [-0.3, -0.25) is 0 Å². The molecule has 0 bridgehead atoms. The van der Waals surface area contributed by atoms with E-state index in [1.807, 2.05) is 0 Å². The van der Waals surface area contributed by atoms with Crippen molar-refractivity contribution in [3.8, 4) is 0 Å². The van der Waals surface area contributed by atoms with E-state index in [9.17, 15) is 0 Å². The third kappa shape index (κ3) is 10.1. The average molecular weight is 345 g/mol. The summed E-state index contributed by atoms with van der Waals surface area (Å²) in [6.07, 6.45) is 21.9. The molecular formula is C25H44. The van der Waals surface area contributed by atoms with Gasteiger partial charge in [-0.25, -0.2) is 0 Å². The Bertz CT molecular complexity index is 418. The number of rotatable bonds is 16. The van der Waals surface area contributed by atoms with Crippen molar-refractivity contribution in [1.82, 2.24) is 0 Å². The molecule has 0 spiro atoms. The molecule has 1 aromatic rings. The fourth-order valence-electron chi connectivity index (χ4n) is 3.87. The molecule has 0 aliphatic carbocycles. The predicted octanol–water partition coefficient (Wildman–Crippen LogP) is 8.45. The van der Waals surface area contributed by atoms with Gasteiger partial charge in [0, 0.05) is 0 Å². The highest BCUT2D eigenvalue weighted by Gasteiger charge is 2.08. The summed E-state index contributed by atoms with van der Waals surface area (Å²) in [6.45, 7) is 6.92. The van der Waals surface area contributed by atoms with Crippen LogP contribution in [0.25, 0.3) is 0 Å². The van der Waals surface area contributed by atoms with E-state index in [0.717, 1.165) is 0 Å². The number of hydrogen-bond acceptors (Lipinski definition) is 0. The highest BCUT2D eigenvalue weighted by Crippen LogP contribution is 2.22. The summed E-state index contributed by atoms with van der Waals surface area (Å²) in [4.78, 5) is 0. The third-order valence-corrected chi connectivity index (χ3v) is 5.50. The zero-order valence-corrected chi connectivity index (χ0v) is 17.5. The molecule has 0 unspecified atom stereocenters. The Morgan fingerprint density at radius 1 is 0.480 bits per heavy atom. The van der Waals surface area contributed by atoms with Gasteiger partial charge < -0.3 is 0 Å². The number of benzene rings is 1. The minimum Gasteiger partial charge on any atom is -0.0654 e. The van der Waals surface area contributed by atoms with E-state index < -0.39 is 0 Å². The molecule has 144 valence electrons. The zero-order valence-electron chi connectivity index (χ0n) is 17.5. The lowest BCUT2D eigenvalue weighted by Crippen LogP contribution is -2.02. The molecule has 0 N–H and O–H groups in total. The van der Waals surface area contributed by atoms with Crippen LogP contribution in [-0.4, -0.2) is 0 Å². The Morgan fingerprint density at radius 3 is 1.44 bits per heavy atom. The van der Waals surface area contributed by atoms with Gasteiger partial charge >= 0.3 is 0 Å². The van der Waals surface area contributed by atoms with Crippen LogP contribution in [0.4, 0.5) is 0 Å². The van der Waals surface area contributed by atoms with Gasteiger partial charge in [0.05, 0.1) is 0 Å². The van der Waals surface area contributed by atoms with Gasteiger partial charge in [0.25, 0.3) is 0 Å². The van der Waals surface area contributed by atoms with Crippen LogP contribution in [0.3, 0.4) is 0 Å². The predicted molar refractivity (Wildman–Crippen MR) is 115 cm³/mol. The molecule has 0 heteroatoms. The molecule has 0 aromatic heterocycles. The first-order chi connectivity index (χ1) is 12.3. The van der Waals surface area contributed by atoms with Crippen molar-refractivity contribution >= 4 is 0 Å². The standard InChI is InChI=1S/C25H44/c1-4-7-10-11-12-13-16-19-24-21-17-20-23(18-14-8-5-2)25(24)22-15-9-6-3/h17,20-21H,4-16,18-19,22H2,1-3H3. The summed E-state index contributed by atoms with van der Waals surface area (Å²) in [5.41, 5.74) is 5.04. The second-order valence-electron chi connectivity index (χ2n) is 7.84. The van der Waals surface area contributed by atoms with E-state index in [-0.39, 0.29) is 0 Å². The van der Waals surface area contributed by atoms with Crippen LogP contribution in [-0.2, 0) is 19.3 Å². The quantitative estimate of drug-likeness (QED) is 0.264. The summed E-state index contributed by atoms with van der Waals surface area (Å²) in [6, 6.07) is 7.15. The van der Waals surface area contributed by atoms with E-state index in [1.165, 1.54) is 103 Å². The number of aryl methyl sites for hydroxylation is 2. The molecule has 0 aliphatic rings. The largest absolute Gasteiger partial charge is 0.0654 e. The smallest absolute Gasteiger partial charge is 0.0273 e. The van der Waals surface area contributed by atoms with E-state index >= 15 is 0 Å². The minimum absolute atomic E-state index is 1.29. The van der Waals surface area contributed by atoms with E-state index in [0.29, 0.717) is 0 Å². The Kier molecular flexibility index (Phi) is 13.8. The molecule has 0 aliphatic heterocycles. The molecule has 25 heavy (non-hydrogen) atoms. The molecule has 0 atom stereocenters. The maximum atomic E-state index is 2.42. The SMILES string of the molecule is CCCCCCCCCc1cccc(CCCCC)c1CCCCC. The molecule has 0 nitrogen and oxygen atoms in total. The van der Waals surface area contributed by atoms with Crippen molar-refractivity contribution in [3.63, 3.8) is 0 Å². The maximum absolute atomic E-state index is 2.42. The molecule has 0 amide bonds. The molecule has 0 radical (unpaired) electrons. The summed E-state index contributed by atoms with van der Waals surface area (Å²) in [5, 5.41) is 0. The van der Waals surface area contributed by atoms with Crippen LogP contribution in [0.5, 0.6) is 0 Å². The minimum atomic E-state index is 1.29. The lowest BCUT2D eigenvalue weighted by atomic mass is 9.90. The first-order valence-electron chi connectivity index (χ1n) is 11.4. The number of unbranched alkanes of at least 4 members (excludes halogenated alkanes) is 10. The van der Waals surface area contributed by atoms with Crippen LogP contribution in [0.15, 0.2) is 18.2 Å². The molecular weight excluding hydrogens is 300 g/mol. The summed E-state index contributed by atoms with van der Waals surface area (Å²) in [7, 11) is 0. The normalized spacial score (nSPS) is 11.2. The summed E-state index contributed by atoms with van der Waals surface area (Å²) >= 11 is 0. The number of hydrogen-bond donors (Lipinski definition) is 0. The van der Waals surface area contributed by atoms with Crippen molar-refractivity contribution in [1.29, 1.82) is 0 Å². The van der Waals surface area contributed by atoms with Gasteiger partial charge in [-0.2, -0.15) is 0 Å². The second kappa shape index (κ2) is 15.5. The van der Waals surface area contributed by atoms with Gasteiger partial charge in [0.1, 0.15) is 0 Å². The van der Waals surface area contributed by atoms with Crippen molar-refractivity contribution in [2.45, 2.75) is 124 Å². The fraction of sp³-hybridized carbons (Fsp3) is 0.760. The first kappa shape index (κ1) is 22.3. The topological polar surface area (TPSA) is 0 Å².